The zero-order chi connectivity index (χ0) is 17.5. The van der Waals surface area contributed by atoms with E-state index in [9.17, 15) is 10.1 Å². The van der Waals surface area contributed by atoms with Gasteiger partial charge in [-0.25, -0.2) is 4.79 Å². The number of urea groups is 1. The van der Waals surface area contributed by atoms with Gasteiger partial charge in [-0.3, -0.25) is 4.90 Å². The zero-order valence-corrected chi connectivity index (χ0v) is 14.5. The molecule has 2 aliphatic rings. The Hall–Kier alpha value is -2.30. The number of amides is 2. The van der Waals surface area contributed by atoms with Crippen molar-refractivity contribution in [1.82, 2.24) is 15.1 Å². The van der Waals surface area contributed by atoms with Gasteiger partial charge in [-0.1, -0.05) is 12.1 Å². The summed E-state index contributed by atoms with van der Waals surface area (Å²) in [6, 6.07) is 9.86. The lowest BCUT2D eigenvalue weighted by Crippen LogP contribution is -2.53. The highest BCUT2D eigenvalue weighted by Crippen LogP contribution is 2.20. The second kappa shape index (κ2) is 8.70. The van der Waals surface area contributed by atoms with Crippen LogP contribution < -0.4 is 10.2 Å². The molecule has 0 atom stereocenters. The molecule has 134 valence electrons. The van der Waals surface area contributed by atoms with E-state index in [-0.39, 0.29) is 6.03 Å². The lowest BCUT2D eigenvalue weighted by molar-refractivity contribution is 0.0386. The Labute approximate surface area is 148 Å². The van der Waals surface area contributed by atoms with Crippen molar-refractivity contribution in [2.75, 3.05) is 70.5 Å². The predicted octanol–water partition coefficient (Wildman–Crippen LogP) is 0.722. The van der Waals surface area contributed by atoms with Crippen LogP contribution in [0.5, 0.6) is 0 Å². The molecule has 2 aliphatic heterocycles. The first kappa shape index (κ1) is 17.5. The number of morpholine rings is 1. The molecule has 7 nitrogen and oxygen atoms in total. The first-order valence-electron chi connectivity index (χ1n) is 8.85. The van der Waals surface area contributed by atoms with E-state index in [0.29, 0.717) is 25.2 Å². The van der Waals surface area contributed by atoms with E-state index in [0.717, 1.165) is 51.6 Å². The van der Waals surface area contributed by atoms with Crippen molar-refractivity contribution < 1.29 is 9.53 Å². The van der Waals surface area contributed by atoms with Crippen LogP contribution in [-0.4, -0.2) is 81.4 Å². The molecule has 0 unspecified atom stereocenters. The van der Waals surface area contributed by atoms with Gasteiger partial charge >= 0.3 is 6.03 Å². The van der Waals surface area contributed by atoms with Crippen LogP contribution in [0.15, 0.2) is 24.3 Å². The number of rotatable bonds is 4. The molecule has 2 fully saturated rings. The van der Waals surface area contributed by atoms with Crippen molar-refractivity contribution >= 4 is 11.7 Å². The molecule has 0 spiro atoms. The average molecular weight is 343 g/mol. The van der Waals surface area contributed by atoms with Gasteiger partial charge in [-0.2, -0.15) is 5.26 Å². The van der Waals surface area contributed by atoms with E-state index in [2.05, 4.69) is 21.2 Å². The smallest absolute Gasteiger partial charge is 0.317 e. The van der Waals surface area contributed by atoms with Crippen LogP contribution >= 0.6 is 0 Å². The second-order valence-electron chi connectivity index (χ2n) is 6.29. The molecule has 1 N–H and O–H groups in total. The minimum absolute atomic E-state index is 0.00137. The molecular formula is C18H25N5O2. The molecule has 2 heterocycles. The summed E-state index contributed by atoms with van der Waals surface area (Å²) in [6.45, 7) is 7.79. The molecule has 2 amide bonds. The fraction of sp³-hybridized carbons (Fsp3) is 0.556. The molecule has 2 saturated heterocycles. The standard InChI is InChI=1S/C18H25N5O2/c19-15-16-3-1-2-4-17(16)22-7-9-23(10-8-22)18(24)20-5-6-21-11-13-25-14-12-21/h1-4H,5-14H2,(H,20,24). The molecule has 1 aromatic carbocycles. The highest BCUT2D eigenvalue weighted by atomic mass is 16.5. The third kappa shape index (κ3) is 4.62. The first-order valence-corrected chi connectivity index (χ1v) is 8.85. The molecule has 3 rings (SSSR count). The summed E-state index contributed by atoms with van der Waals surface area (Å²) in [6.07, 6.45) is 0. The van der Waals surface area contributed by atoms with Crippen LogP contribution in [0.1, 0.15) is 5.56 Å². The number of para-hydroxylation sites is 1. The van der Waals surface area contributed by atoms with Gasteiger partial charge in [0.05, 0.1) is 24.5 Å². The van der Waals surface area contributed by atoms with Crippen LogP contribution in [0.3, 0.4) is 0 Å². The topological polar surface area (TPSA) is 71.8 Å². The zero-order valence-electron chi connectivity index (χ0n) is 14.5. The minimum Gasteiger partial charge on any atom is -0.379 e. The number of hydrogen-bond donors (Lipinski definition) is 1. The van der Waals surface area contributed by atoms with Crippen molar-refractivity contribution in [1.29, 1.82) is 5.26 Å². The summed E-state index contributed by atoms with van der Waals surface area (Å²) in [5.41, 5.74) is 1.64. The van der Waals surface area contributed by atoms with Crippen LogP contribution in [0.25, 0.3) is 0 Å². The number of nitrogens with zero attached hydrogens (tertiary/aromatic N) is 4. The largest absolute Gasteiger partial charge is 0.379 e. The number of piperazine rings is 1. The van der Waals surface area contributed by atoms with Gasteiger partial charge in [-0.05, 0) is 12.1 Å². The molecular weight excluding hydrogens is 318 g/mol. The van der Waals surface area contributed by atoms with Crippen LogP contribution in [0.2, 0.25) is 0 Å². The molecule has 0 bridgehead atoms. The van der Waals surface area contributed by atoms with Gasteiger partial charge in [0.1, 0.15) is 6.07 Å². The molecule has 0 radical (unpaired) electrons. The maximum Gasteiger partial charge on any atom is 0.317 e. The summed E-state index contributed by atoms with van der Waals surface area (Å²) < 4.78 is 5.32. The Morgan fingerprint density at radius 3 is 2.56 bits per heavy atom. The van der Waals surface area contributed by atoms with Crippen molar-refractivity contribution in [2.24, 2.45) is 0 Å². The Kier molecular flexibility index (Phi) is 6.09. The number of anilines is 1. The van der Waals surface area contributed by atoms with E-state index >= 15 is 0 Å². The summed E-state index contributed by atoms with van der Waals surface area (Å²) in [5.74, 6) is 0. The van der Waals surface area contributed by atoms with Gasteiger partial charge in [0.25, 0.3) is 0 Å². The second-order valence-corrected chi connectivity index (χ2v) is 6.29. The molecule has 1 aromatic rings. The maximum atomic E-state index is 12.3. The fourth-order valence-electron chi connectivity index (χ4n) is 3.25. The van der Waals surface area contributed by atoms with E-state index in [1.54, 1.807) is 0 Å². The molecule has 0 aliphatic carbocycles. The number of nitrogens with one attached hydrogen (secondary N) is 1. The number of ether oxygens (including phenoxy) is 1. The number of hydrogen-bond acceptors (Lipinski definition) is 5. The van der Waals surface area contributed by atoms with Crippen molar-refractivity contribution in [3.63, 3.8) is 0 Å². The minimum atomic E-state index is 0.00137. The molecule has 7 heteroatoms. The van der Waals surface area contributed by atoms with Crippen LogP contribution in [0.4, 0.5) is 10.5 Å². The summed E-state index contributed by atoms with van der Waals surface area (Å²) in [4.78, 5) is 18.6. The normalized spacial score (nSPS) is 18.7. The Morgan fingerprint density at radius 1 is 1.12 bits per heavy atom. The Balaban J connectivity index is 1.42. The molecule has 0 aromatic heterocycles. The molecule has 0 saturated carbocycles. The average Bonchev–Trinajstić information content (AvgIpc) is 2.69. The van der Waals surface area contributed by atoms with Crippen LogP contribution in [0, 0.1) is 11.3 Å². The van der Waals surface area contributed by atoms with Crippen molar-refractivity contribution in [3.05, 3.63) is 29.8 Å². The first-order chi connectivity index (χ1) is 12.3. The van der Waals surface area contributed by atoms with Crippen LogP contribution in [-0.2, 0) is 4.74 Å². The van der Waals surface area contributed by atoms with Gasteiger partial charge in [-0.15, -0.1) is 0 Å². The number of carbonyl (C=O) groups is 1. The highest BCUT2D eigenvalue weighted by Gasteiger charge is 2.22. The third-order valence-electron chi connectivity index (χ3n) is 4.74. The third-order valence-corrected chi connectivity index (χ3v) is 4.74. The van der Waals surface area contributed by atoms with Crippen molar-refractivity contribution in [2.45, 2.75) is 0 Å². The SMILES string of the molecule is N#Cc1ccccc1N1CCN(C(=O)NCCN2CCOCC2)CC1. The van der Waals surface area contributed by atoms with Gasteiger partial charge in [0, 0.05) is 52.4 Å². The Morgan fingerprint density at radius 2 is 1.84 bits per heavy atom. The monoisotopic (exact) mass is 343 g/mol. The maximum absolute atomic E-state index is 12.3. The van der Waals surface area contributed by atoms with E-state index in [1.807, 2.05) is 29.2 Å². The summed E-state index contributed by atoms with van der Waals surface area (Å²) in [5, 5.41) is 12.2. The van der Waals surface area contributed by atoms with Gasteiger partial charge < -0.3 is 19.9 Å². The predicted molar refractivity (Wildman–Crippen MR) is 95.6 cm³/mol. The number of nitriles is 1. The highest BCUT2D eigenvalue weighted by molar-refractivity contribution is 5.74. The van der Waals surface area contributed by atoms with E-state index < -0.39 is 0 Å². The van der Waals surface area contributed by atoms with E-state index in [1.165, 1.54) is 0 Å². The van der Waals surface area contributed by atoms with Crippen molar-refractivity contribution in [3.8, 4) is 6.07 Å². The van der Waals surface area contributed by atoms with Gasteiger partial charge in [0.2, 0.25) is 0 Å². The fourth-order valence-corrected chi connectivity index (χ4v) is 3.25. The number of carbonyl (C=O) groups excluding carboxylic acids is 1. The summed E-state index contributed by atoms with van der Waals surface area (Å²) in [7, 11) is 0. The number of benzene rings is 1. The van der Waals surface area contributed by atoms with E-state index in [4.69, 9.17) is 4.74 Å². The Bertz CT molecular complexity index is 616. The van der Waals surface area contributed by atoms with Gasteiger partial charge in [0.15, 0.2) is 0 Å². The quantitative estimate of drug-likeness (QED) is 0.872. The molecule has 25 heavy (non-hydrogen) atoms. The summed E-state index contributed by atoms with van der Waals surface area (Å²) >= 11 is 0. The lowest BCUT2D eigenvalue weighted by atomic mass is 10.1. The lowest BCUT2D eigenvalue weighted by Gasteiger charge is -2.36.